The largest absolute Gasteiger partial charge is 0.295 e. The molecular formula is C15H13BClN3O3. The highest BCUT2D eigenvalue weighted by Gasteiger charge is 2.39. The van der Waals surface area contributed by atoms with Gasteiger partial charge in [0.2, 0.25) is 11.8 Å². The van der Waals surface area contributed by atoms with E-state index in [-0.39, 0.29) is 18.7 Å². The number of aryl methyl sites for hydroxylation is 1. The van der Waals surface area contributed by atoms with Crippen LogP contribution < -0.4 is 10.9 Å². The molecule has 3 rings (SSSR count). The zero-order valence-corrected chi connectivity index (χ0v) is 13.2. The molecule has 8 heteroatoms. The summed E-state index contributed by atoms with van der Waals surface area (Å²) in [7, 11) is 6.24. The molecule has 2 heterocycles. The first kappa shape index (κ1) is 15.7. The normalized spacial score (nSPS) is 22.0. The topological polar surface area (TPSA) is 81.1 Å². The number of nitrogens with zero attached hydrogens (tertiary/aromatic N) is 2. The van der Waals surface area contributed by atoms with Crippen LogP contribution in [0.3, 0.4) is 0 Å². The molecule has 1 fully saturated rings. The smallest absolute Gasteiger partial charge is 0.261 e. The number of nitrogens with one attached hydrogen (secondary N) is 1. The van der Waals surface area contributed by atoms with Crippen molar-refractivity contribution in [1.29, 1.82) is 0 Å². The van der Waals surface area contributed by atoms with Gasteiger partial charge in [0, 0.05) is 11.4 Å². The average molecular weight is 330 g/mol. The number of benzene rings is 1. The summed E-state index contributed by atoms with van der Waals surface area (Å²) in [6, 6.07) is 4.70. The summed E-state index contributed by atoms with van der Waals surface area (Å²) in [5.74, 6) is -0.800. The number of hydrogen-bond donors (Lipinski definition) is 1. The van der Waals surface area contributed by atoms with Gasteiger partial charge in [-0.15, -0.1) is 0 Å². The zero-order valence-electron chi connectivity index (χ0n) is 12.4. The molecule has 1 aromatic carbocycles. The fourth-order valence-corrected chi connectivity index (χ4v) is 3.05. The predicted molar refractivity (Wildman–Crippen MR) is 86.5 cm³/mol. The van der Waals surface area contributed by atoms with Crippen LogP contribution in [-0.2, 0) is 15.0 Å². The molecule has 2 aromatic rings. The molecule has 116 valence electrons. The minimum Gasteiger partial charge on any atom is -0.295 e. The van der Waals surface area contributed by atoms with Crippen LogP contribution >= 0.6 is 11.6 Å². The van der Waals surface area contributed by atoms with Crippen LogP contribution in [-0.4, -0.2) is 29.2 Å². The summed E-state index contributed by atoms with van der Waals surface area (Å²) < 4.78 is 1.16. The third-order valence-corrected chi connectivity index (χ3v) is 4.24. The van der Waals surface area contributed by atoms with E-state index < -0.39 is 22.8 Å². The molecule has 1 aliphatic rings. The highest BCUT2D eigenvalue weighted by atomic mass is 35.5. The third-order valence-electron chi connectivity index (χ3n) is 4.01. The van der Waals surface area contributed by atoms with Crippen LogP contribution in [0.1, 0.15) is 25.1 Å². The molecule has 0 saturated carbocycles. The fourth-order valence-electron chi connectivity index (χ4n) is 2.88. The van der Waals surface area contributed by atoms with Gasteiger partial charge in [0.25, 0.3) is 5.56 Å². The summed E-state index contributed by atoms with van der Waals surface area (Å²) in [6.07, 6.45) is 0.764. The van der Waals surface area contributed by atoms with E-state index in [1.165, 1.54) is 0 Å². The Morgan fingerprint density at radius 3 is 2.83 bits per heavy atom. The van der Waals surface area contributed by atoms with Gasteiger partial charge in [-0.05, 0) is 38.0 Å². The van der Waals surface area contributed by atoms with E-state index in [9.17, 15) is 14.4 Å². The number of amides is 2. The Bertz CT molecular complexity index is 895. The Kier molecular flexibility index (Phi) is 3.76. The molecule has 0 aliphatic carbocycles. The lowest BCUT2D eigenvalue weighted by atomic mass is 9.73. The van der Waals surface area contributed by atoms with Crippen molar-refractivity contribution in [2.24, 2.45) is 0 Å². The van der Waals surface area contributed by atoms with Crippen molar-refractivity contribution in [1.82, 2.24) is 14.9 Å². The molecule has 1 aromatic heterocycles. The Hall–Kier alpha value is -2.15. The Morgan fingerprint density at radius 1 is 1.35 bits per heavy atom. The van der Waals surface area contributed by atoms with Crippen molar-refractivity contribution in [3.05, 3.63) is 39.4 Å². The summed E-state index contributed by atoms with van der Waals surface area (Å²) in [6.45, 7) is 1.59. The lowest BCUT2D eigenvalue weighted by Gasteiger charge is -2.30. The first-order valence-electron chi connectivity index (χ1n) is 7.15. The maximum Gasteiger partial charge on any atom is 0.261 e. The van der Waals surface area contributed by atoms with Gasteiger partial charge in [-0.3, -0.25) is 24.3 Å². The molecule has 1 atom stereocenters. The summed E-state index contributed by atoms with van der Waals surface area (Å²) in [4.78, 5) is 41.1. The molecular weight excluding hydrogens is 316 g/mol. The molecule has 23 heavy (non-hydrogen) atoms. The molecule has 2 amide bonds. The van der Waals surface area contributed by atoms with E-state index >= 15 is 0 Å². The van der Waals surface area contributed by atoms with Gasteiger partial charge >= 0.3 is 0 Å². The fraction of sp³-hybridized carbons (Fsp3) is 0.333. The van der Waals surface area contributed by atoms with Gasteiger partial charge in [0.15, 0.2) is 0 Å². The molecule has 1 aliphatic heterocycles. The van der Waals surface area contributed by atoms with Crippen molar-refractivity contribution < 1.29 is 9.59 Å². The molecule has 1 N–H and O–H groups in total. The van der Waals surface area contributed by atoms with Crippen molar-refractivity contribution in [3.63, 3.8) is 0 Å². The van der Waals surface area contributed by atoms with Gasteiger partial charge in [0.1, 0.15) is 13.7 Å². The number of carbonyl (C=O) groups excluding carboxylic acids is 2. The van der Waals surface area contributed by atoms with Crippen molar-refractivity contribution >= 4 is 42.2 Å². The summed E-state index contributed by atoms with van der Waals surface area (Å²) in [5.41, 5.74) is -1.64. The average Bonchev–Trinajstić information content (AvgIpc) is 2.58. The number of fused-ring (bicyclic) bond motifs is 1. The number of carbonyl (C=O) groups is 2. The lowest BCUT2D eigenvalue weighted by molar-refractivity contribution is -0.132. The number of rotatable bonds is 1. The Morgan fingerprint density at radius 2 is 2.09 bits per heavy atom. The van der Waals surface area contributed by atoms with E-state index in [0.717, 1.165) is 4.57 Å². The summed E-state index contributed by atoms with van der Waals surface area (Å²) in [5, 5.41) is 3.00. The van der Waals surface area contributed by atoms with Crippen LogP contribution in [0.4, 0.5) is 0 Å². The quantitative estimate of drug-likeness (QED) is 0.625. The highest BCUT2D eigenvalue weighted by Crippen LogP contribution is 2.24. The van der Waals surface area contributed by atoms with Gasteiger partial charge in [-0.1, -0.05) is 11.6 Å². The molecule has 0 unspecified atom stereocenters. The summed E-state index contributed by atoms with van der Waals surface area (Å²) >= 11 is 5.92. The second-order valence-corrected chi connectivity index (χ2v) is 6.05. The number of imide groups is 1. The Balaban J connectivity index is 2.26. The van der Waals surface area contributed by atoms with Crippen LogP contribution in [0.2, 0.25) is 5.02 Å². The van der Waals surface area contributed by atoms with E-state index in [1.54, 1.807) is 25.1 Å². The van der Waals surface area contributed by atoms with Crippen molar-refractivity contribution in [2.75, 3.05) is 0 Å². The highest BCUT2D eigenvalue weighted by molar-refractivity contribution is 6.31. The molecule has 0 spiro atoms. The van der Waals surface area contributed by atoms with Crippen molar-refractivity contribution in [3.8, 4) is 0 Å². The van der Waals surface area contributed by atoms with Crippen LogP contribution in [0, 0.1) is 6.92 Å². The SMILES string of the molecule is [B][C@@]1(n2c(C)nc3cc(Cl)ccc3c2=O)CCCC(=O)NC1=O. The second-order valence-electron chi connectivity index (χ2n) is 5.62. The van der Waals surface area contributed by atoms with E-state index in [2.05, 4.69) is 10.3 Å². The van der Waals surface area contributed by atoms with E-state index in [4.69, 9.17) is 19.4 Å². The number of hydrogen-bond acceptors (Lipinski definition) is 4. The third kappa shape index (κ3) is 2.55. The van der Waals surface area contributed by atoms with Gasteiger partial charge in [-0.25, -0.2) is 4.98 Å². The second kappa shape index (κ2) is 5.49. The maximum absolute atomic E-state index is 12.8. The number of aromatic nitrogens is 2. The number of halogens is 1. The molecule has 0 bridgehead atoms. The van der Waals surface area contributed by atoms with Crippen LogP contribution in [0.25, 0.3) is 10.9 Å². The zero-order chi connectivity index (χ0) is 16.8. The minimum absolute atomic E-state index is 0.173. The Labute approximate surface area is 138 Å². The lowest BCUT2D eigenvalue weighted by Crippen LogP contribution is -2.54. The van der Waals surface area contributed by atoms with Crippen LogP contribution in [0.15, 0.2) is 23.0 Å². The van der Waals surface area contributed by atoms with Gasteiger partial charge < -0.3 is 0 Å². The van der Waals surface area contributed by atoms with Crippen molar-refractivity contribution in [2.45, 2.75) is 31.6 Å². The van der Waals surface area contributed by atoms with Gasteiger partial charge in [-0.2, -0.15) is 0 Å². The minimum atomic E-state index is -1.64. The maximum atomic E-state index is 12.8. The van der Waals surface area contributed by atoms with Crippen LogP contribution in [0.5, 0.6) is 0 Å². The monoisotopic (exact) mass is 329 g/mol. The molecule has 1 saturated heterocycles. The van der Waals surface area contributed by atoms with E-state index in [1.807, 2.05) is 0 Å². The standard InChI is InChI=1S/C15H13BClN3O3/c1-8-18-11-7-9(17)4-5-10(11)13(22)20(8)15(16)6-2-3-12(21)19-14(15)23/h4-5,7H,2-3,6H2,1H3,(H,19,21,23)/t15-/m1/s1. The first-order chi connectivity index (χ1) is 10.8. The van der Waals surface area contributed by atoms with Gasteiger partial charge in [0.05, 0.1) is 16.3 Å². The van der Waals surface area contributed by atoms with E-state index in [0.29, 0.717) is 22.3 Å². The molecule has 2 radical (unpaired) electrons. The predicted octanol–water partition coefficient (Wildman–Crippen LogP) is 1.01. The first-order valence-corrected chi connectivity index (χ1v) is 7.53. The molecule has 6 nitrogen and oxygen atoms in total.